The van der Waals surface area contributed by atoms with Crippen molar-refractivity contribution in [3.8, 4) is 11.1 Å². The highest BCUT2D eigenvalue weighted by Crippen LogP contribution is 2.32. The molecule has 0 saturated heterocycles. The first kappa shape index (κ1) is 20.9. The van der Waals surface area contributed by atoms with Crippen LogP contribution < -0.4 is 5.32 Å². The molecule has 7 heteroatoms. The summed E-state index contributed by atoms with van der Waals surface area (Å²) >= 11 is 0. The lowest BCUT2D eigenvalue weighted by Crippen LogP contribution is -2.43. The topological polar surface area (TPSA) is 45.2 Å². The lowest BCUT2D eigenvalue weighted by Gasteiger charge is -2.31. The molecule has 0 bridgehead atoms. The maximum atomic E-state index is 12.9. The number of pyridine rings is 1. The maximum Gasteiger partial charge on any atom is 0.416 e. The molecule has 0 saturated carbocycles. The van der Waals surface area contributed by atoms with Crippen LogP contribution in [0.3, 0.4) is 0 Å². The Hall–Kier alpha value is -3.35. The highest BCUT2D eigenvalue weighted by molar-refractivity contribution is 5.84. The smallest absolute Gasteiger partial charge is 0.374 e. The molecule has 1 aliphatic rings. The summed E-state index contributed by atoms with van der Waals surface area (Å²) in [4.78, 5) is 18.7. The van der Waals surface area contributed by atoms with Crippen LogP contribution in [0, 0.1) is 0 Å². The Morgan fingerprint density at radius 3 is 2.35 bits per heavy atom. The number of rotatable bonds is 4. The first-order valence-corrected chi connectivity index (χ1v) is 10.1. The monoisotopic (exact) mass is 425 g/mol. The lowest BCUT2D eigenvalue weighted by molar-refractivity contribution is -0.137. The second-order valence-electron chi connectivity index (χ2n) is 7.67. The summed E-state index contributed by atoms with van der Waals surface area (Å²) in [6.07, 6.45) is -0.272. The summed E-state index contributed by atoms with van der Waals surface area (Å²) in [5.74, 6) is 0.00222. The number of amides is 1. The molecular formula is C24H22F3N3O. The summed E-state index contributed by atoms with van der Waals surface area (Å²) in [6, 6.07) is 14.3. The Labute approximate surface area is 178 Å². The van der Waals surface area contributed by atoms with Crippen LogP contribution in [0.4, 0.5) is 18.9 Å². The van der Waals surface area contributed by atoms with Gasteiger partial charge in [-0.15, -0.1) is 0 Å². The van der Waals surface area contributed by atoms with Gasteiger partial charge in [-0.3, -0.25) is 9.78 Å². The van der Waals surface area contributed by atoms with Crippen molar-refractivity contribution in [2.24, 2.45) is 0 Å². The molecule has 1 aliphatic heterocycles. The number of carbonyl (C=O) groups is 1. The first-order valence-electron chi connectivity index (χ1n) is 10.1. The zero-order valence-corrected chi connectivity index (χ0v) is 17.0. The third-order valence-electron chi connectivity index (χ3n) is 5.51. The number of nitrogens with one attached hydrogen (secondary N) is 1. The molecule has 160 valence electrons. The van der Waals surface area contributed by atoms with Gasteiger partial charge in [-0.05, 0) is 65.9 Å². The molecule has 0 unspecified atom stereocenters. The molecule has 1 aromatic heterocycles. The summed E-state index contributed by atoms with van der Waals surface area (Å²) in [7, 11) is 0. The Bertz CT molecular complexity index is 1070. The number of aromatic nitrogens is 1. The van der Waals surface area contributed by atoms with Crippen LogP contribution in [0.5, 0.6) is 0 Å². The predicted molar refractivity (Wildman–Crippen MR) is 113 cm³/mol. The zero-order chi connectivity index (χ0) is 22.0. The fraction of sp³-hybridized carbons (Fsp3) is 0.250. The van der Waals surface area contributed by atoms with Crippen molar-refractivity contribution in [3.63, 3.8) is 0 Å². The van der Waals surface area contributed by atoms with E-state index in [9.17, 15) is 18.0 Å². The van der Waals surface area contributed by atoms with E-state index in [-0.39, 0.29) is 11.9 Å². The van der Waals surface area contributed by atoms with E-state index in [0.717, 1.165) is 40.9 Å². The average molecular weight is 425 g/mol. The van der Waals surface area contributed by atoms with Crippen molar-refractivity contribution in [3.05, 3.63) is 83.7 Å². The number of nitrogens with zero attached hydrogens (tertiary/aromatic N) is 2. The molecule has 31 heavy (non-hydrogen) atoms. The van der Waals surface area contributed by atoms with Crippen molar-refractivity contribution < 1.29 is 18.0 Å². The number of hydrogen-bond donors (Lipinski definition) is 1. The molecule has 0 spiro atoms. The zero-order valence-electron chi connectivity index (χ0n) is 17.0. The van der Waals surface area contributed by atoms with Gasteiger partial charge in [0.15, 0.2) is 0 Å². The largest absolute Gasteiger partial charge is 0.416 e. The number of carbonyl (C=O) groups excluding carboxylic acids is 1. The standard InChI is InChI=1S/C24H22F3N3O/c1-16(29-22-8-11-28-12-9-22)23(31)30-13-10-18-2-3-19(14-20(18)15-30)17-4-6-21(7-5-17)24(25,26)27/h2-9,11-12,14,16H,10,13,15H2,1H3,(H,28,29)/t16-/m0/s1. The third kappa shape index (κ3) is 4.71. The Morgan fingerprint density at radius 1 is 1.00 bits per heavy atom. The molecule has 0 aliphatic carbocycles. The van der Waals surface area contributed by atoms with Gasteiger partial charge in [0.1, 0.15) is 6.04 Å². The van der Waals surface area contributed by atoms with E-state index in [1.807, 2.05) is 42.2 Å². The van der Waals surface area contributed by atoms with Crippen molar-refractivity contribution in [2.75, 3.05) is 11.9 Å². The van der Waals surface area contributed by atoms with Crippen molar-refractivity contribution in [2.45, 2.75) is 32.1 Å². The van der Waals surface area contributed by atoms with Crippen LogP contribution in [0.1, 0.15) is 23.6 Å². The number of fused-ring (bicyclic) bond motifs is 1. The minimum atomic E-state index is -4.35. The molecule has 2 aromatic carbocycles. The van der Waals surface area contributed by atoms with Gasteiger partial charge in [0.25, 0.3) is 0 Å². The van der Waals surface area contributed by atoms with Gasteiger partial charge in [0.05, 0.1) is 5.56 Å². The molecule has 3 aromatic rings. The molecule has 0 fully saturated rings. The Balaban J connectivity index is 1.49. The SMILES string of the molecule is C[C@H](Nc1ccncc1)C(=O)N1CCc2ccc(-c3ccc(C(F)(F)F)cc3)cc2C1. The number of anilines is 1. The van der Waals surface area contributed by atoms with Gasteiger partial charge in [0.2, 0.25) is 5.91 Å². The van der Waals surface area contributed by atoms with Crippen molar-refractivity contribution in [1.29, 1.82) is 0 Å². The predicted octanol–water partition coefficient (Wildman–Crippen LogP) is 5.15. The van der Waals surface area contributed by atoms with Crippen LogP contribution in [0.15, 0.2) is 67.0 Å². The molecule has 2 heterocycles. The molecule has 4 nitrogen and oxygen atoms in total. The molecule has 1 N–H and O–H groups in total. The van der Waals surface area contributed by atoms with Crippen LogP contribution in [0.2, 0.25) is 0 Å². The van der Waals surface area contributed by atoms with Gasteiger partial charge >= 0.3 is 6.18 Å². The highest BCUT2D eigenvalue weighted by atomic mass is 19.4. The van der Waals surface area contributed by atoms with Crippen LogP contribution in [0.25, 0.3) is 11.1 Å². The van der Waals surface area contributed by atoms with Crippen LogP contribution in [-0.4, -0.2) is 28.4 Å². The van der Waals surface area contributed by atoms with E-state index in [2.05, 4.69) is 10.3 Å². The van der Waals surface area contributed by atoms with Gasteiger partial charge in [0, 0.05) is 31.2 Å². The highest BCUT2D eigenvalue weighted by Gasteiger charge is 2.30. The van der Waals surface area contributed by atoms with Gasteiger partial charge in [-0.1, -0.05) is 24.3 Å². The molecule has 0 radical (unpaired) electrons. The normalized spacial score (nSPS) is 14.6. The summed E-state index contributed by atoms with van der Waals surface area (Å²) in [5.41, 5.74) is 3.90. The number of benzene rings is 2. The van der Waals surface area contributed by atoms with E-state index in [4.69, 9.17) is 0 Å². The first-order chi connectivity index (χ1) is 14.8. The van der Waals surface area contributed by atoms with E-state index in [1.165, 1.54) is 12.1 Å². The number of hydrogen-bond acceptors (Lipinski definition) is 3. The minimum Gasteiger partial charge on any atom is -0.374 e. The van der Waals surface area contributed by atoms with E-state index in [1.54, 1.807) is 12.4 Å². The van der Waals surface area contributed by atoms with Crippen molar-refractivity contribution in [1.82, 2.24) is 9.88 Å². The molecule has 4 rings (SSSR count). The average Bonchev–Trinajstić information content (AvgIpc) is 2.78. The molecular weight excluding hydrogens is 403 g/mol. The fourth-order valence-electron chi connectivity index (χ4n) is 3.81. The van der Waals surface area contributed by atoms with Crippen molar-refractivity contribution >= 4 is 11.6 Å². The van der Waals surface area contributed by atoms with Gasteiger partial charge in [-0.2, -0.15) is 13.2 Å². The number of halogens is 3. The van der Waals surface area contributed by atoms with E-state index in [0.29, 0.717) is 18.7 Å². The van der Waals surface area contributed by atoms with E-state index < -0.39 is 11.7 Å². The molecule has 1 amide bonds. The second-order valence-corrected chi connectivity index (χ2v) is 7.67. The fourth-order valence-corrected chi connectivity index (χ4v) is 3.81. The summed E-state index contributed by atoms with van der Waals surface area (Å²) < 4.78 is 38.5. The maximum absolute atomic E-state index is 12.9. The minimum absolute atomic E-state index is 0.00222. The number of alkyl halides is 3. The third-order valence-corrected chi connectivity index (χ3v) is 5.51. The molecule has 1 atom stereocenters. The Morgan fingerprint density at radius 2 is 1.68 bits per heavy atom. The summed E-state index contributed by atoms with van der Waals surface area (Å²) in [5, 5.41) is 3.19. The lowest BCUT2D eigenvalue weighted by atomic mass is 9.94. The van der Waals surface area contributed by atoms with E-state index >= 15 is 0 Å². The van der Waals surface area contributed by atoms with Gasteiger partial charge < -0.3 is 10.2 Å². The second kappa shape index (κ2) is 8.41. The van der Waals surface area contributed by atoms with Gasteiger partial charge in [-0.25, -0.2) is 0 Å². The Kier molecular flexibility index (Phi) is 5.67. The van der Waals surface area contributed by atoms with Crippen LogP contribution >= 0.6 is 0 Å². The summed E-state index contributed by atoms with van der Waals surface area (Å²) in [6.45, 7) is 2.94. The van der Waals surface area contributed by atoms with Crippen LogP contribution in [-0.2, 0) is 23.9 Å². The quantitative estimate of drug-likeness (QED) is 0.629.